The van der Waals surface area contributed by atoms with Gasteiger partial charge in [-0.05, 0) is 33.6 Å². The van der Waals surface area contributed by atoms with E-state index in [9.17, 15) is 19.2 Å². The number of likely N-dealkylation sites (N-methyl/N-ethyl adjacent to an activating group) is 2. The van der Waals surface area contributed by atoms with Gasteiger partial charge in [-0.2, -0.15) is 0 Å². The van der Waals surface area contributed by atoms with E-state index >= 15 is 0 Å². The molecule has 0 rings (SSSR count). The SMILES string of the molecule is CC#COC(=O)CCN(CCC(=O)OC)CCN(C)CCCN(C)CCN(CCC(=O)OC#CC)CCC(=O)OC#CC. The van der Waals surface area contributed by atoms with E-state index in [0.29, 0.717) is 39.3 Å². The van der Waals surface area contributed by atoms with Crippen molar-refractivity contribution in [3.63, 3.8) is 0 Å². The summed E-state index contributed by atoms with van der Waals surface area (Å²) in [7, 11) is 5.43. The summed E-state index contributed by atoms with van der Waals surface area (Å²) in [5, 5.41) is 0. The summed E-state index contributed by atoms with van der Waals surface area (Å²) in [6.07, 6.45) is 8.62. The molecule has 0 aliphatic carbocycles. The van der Waals surface area contributed by atoms with E-state index in [1.807, 2.05) is 23.9 Å². The Morgan fingerprint density at radius 1 is 0.488 bits per heavy atom. The van der Waals surface area contributed by atoms with Crippen LogP contribution in [0, 0.1) is 36.1 Å². The van der Waals surface area contributed by atoms with Gasteiger partial charge in [0.05, 0.1) is 32.8 Å². The monoisotopic (exact) mass is 604 g/mol. The van der Waals surface area contributed by atoms with Gasteiger partial charge in [0.25, 0.3) is 0 Å². The van der Waals surface area contributed by atoms with Crippen LogP contribution in [0.2, 0.25) is 0 Å². The lowest BCUT2D eigenvalue weighted by molar-refractivity contribution is -0.141. The maximum absolute atomic E-state index is 11.9. The van der Waals surface area contributed by atoms with Gasteiger partial charge in [-0.15, -0.1) is 0 Å². The maximum Gasteiger partial charge on any atom is 0.321 e. The van der Waals surface area contributed by atoms with E-state index < -0.39 is 17.9 Å². The highest BCUT2D eigenvalue weighted by atomic mass is 16.5. The number of nitrogens with zero attached hydrogens (tertiary/aromatic N) is 4. The summed E-state index contributed by atoms with van der Waals surface area (Å²) in [5.74, 6) is 6.05. The highest BCUT2D eigenvalue weighted by Crippen LogP contribution is 2.02. The quantitative estimate of drug-likeness (QED) is 0.100. The fourth-order valence-electron chi connectivity index (χ4n) is 3.71. The van der Waals surface area contributed by atoms with E-state index in [-0.39, 0.29) is 31.7 Å². The second-order valence-electron chi connectivity index (χ2n) is 9.70. The van der Waals surface area contributed by atoms with Crippen LogP contribution in [0.5, 0.6) is 0 Å². The smallest absolute Gasteiger partial charge is 0.321 e. The average Bonchev–Trinajstić information content (AvgIpc) is 3.00. The number of carbonyl (C=O) groups excluding carboxylic acids is 4. The third-order valence-corrected chi connectivity index (χ3v) is 6.23. The molecule has 0 bridgehead atoms. The molecule has 0 unspecified atom stereocenters. The minimum absolute atomic E-state index is 0.164. The molecule has 0 aromatic rings. The lowest BCUT2D eigenvalue weighted by atomic mass is 10.3. The van der Waals surface area contributed by atoms with E-state index in [0.717, 1.165) is 32.6 Å². The molecule has 0 radical (unpaired) electrons. The summed E-state index contributed by atoms with van der Waals surface area (Å²) in [4.78, 5) is 55.7. The van der Waals surface area contributed by atoms with Crippen molar-refractivity contribution in [2.45, 2.75) is 52.9 Å². The van der Waals surface area contributed by atoms with Crippen LogP contribution < -0.4 is 0 Å². The van der Waals surface area contributed by atoms with Gasteiger partial charge in [0, 0.05) is 73.1 Å². The van der Waals surface area contributed by atoms with E-state index in [1.165, 1.54) is 7.11 Å². The molecule has 0 fully saturated rings. The summed E-state index contributed by atoms with van der Waals surface area (Å²) < 4.78 is 19.2. The van der Waals surface area contributed by atoms with Gasteiger partial charge in [0.1, 0.15) is 18.3 Å². The maximum atomic E-state index is 11.9. The molecule has 240 valence electrons. The first-order chi connectivity index (χ1) is 20.6. The molecule has 0 N–H and O–H groups in total. The van der Waals surface area contributed by atoms with Crippen LogP contribution in [0.4, 0.5) is 0 Å². The molecule has 0 aliphatic heterocycles. The average molecular weight is 605 g/mol. The molecular weight excluding hydrogens is 556 g/mol. The Bertz CT molecular complexity index is 994. The number of rotatable bonds is 22. The fraction of sp³-hybridized carbons (Fsp3) is 0.677. The first-order valence-electron chi connectivity index (χ1n) is 14.4. The summed E-state index contributed by atoms with van der Waals surface area (Å²) in [6, 6.07) is 0. The van der Waals surface area contributed by atoms with Crippen LogP contribution in [0.25, 0.3) is 0 Å². The Morgan fingerprint density at radius 2 is 0.814 bits per heavy atom. The van der Waals surface area contributed by atoms with E-state index in [4.69, 9.17) is 18.9 Å². The predicted octanol–water partition coefficient (Wildman–Crippen LogP) is 1.15. The Hall–Kier alpha value is -3.60. The van der Waals surface area contributed by atoms with Gasteiger partial charge in [-0.25, -0.2) is 0 Å². The molecule has 0 heterocycles. The lowest BCUT2D eigenvalue weighted by Crippen LogP contribution is -2.38. The van der Waals surface area contributed by atoms with Gasteiger partial charge in [-0.1, -0.05) is 17.8 Å². The number of esters is 4. The van der Waals surface area contributed by atoms with Crippen molar-refractivity contribution in [2.75, 3.05) is 86.7 Å². The third kappa shape index (κ3) is 23.6. The second-order valence-corrected chi connectivity index (χ2v) is 9.70. The van der Waals surface area contributed by atoms with Gasteiger partial charge >= 0.3 is 23.9 Å². The van der Waals surface area contributed by atoms with Crippen LogP contribution >= 0.6 is 0 Å². The van der Waals surface area contributed by atoms with Gasteiger partial charge in [0.15, 0.2) is 0 Å². The van der Waals surface area contributed by atoms with Crippen molar-refractivity contribution in [2.24, 2.45) is 0 Å². The summed E-state index contributed by atoms with van der Waals surface area (Å²) in [5.41, 5.74) is 0. The van der Waals surface area contributed by atoms with Crippen molar-refractivity contribution in [1.82, 2.24) is 19.6 Å². The molecule has 0 aromatic heterocycles. The zero-order valence-corrected chi connectivity index (χ0v) is 26.7. The molecule has 0 amide bonds. The van der Waals surface area contributed by atoms with Crippen molar-refractivity contribution in [3.8, 4) is 36.1 Å². The Balaban J connectivity index is 4.66. The highest BCUT2D eigenvalue weighted by Gasteiger charge is 2.15. The molecule has 0 saturated heterocycles. The van der Waals surface area contributed by atoms with Crippen LogP contribution in [0.3, 0.4) is 0 Å². The summed E-state index contributed by atoms with van der Waals surface area (Å²) >= 11 is 0. The van der Waals surface area contributed by atoms with Crippen LogP contribution in [-0.4, -0.2) is 130 Å². The summed E-state index contributed by atoms with van der Waals surface area (Å²) in [6.45, 7) is 11.2. The molecule has 0 aliphatic rings. The van der Waals surface area contributed by atoms with Crippen molar-refractivity contribution in [1.29, 1.82) is 0 Å². The lowest BCUT2D eigenvalue weighted by Gasteiger charge is -2.26. The number of methoxy groups -OCH3 is 1. The van der Waals surface area contributed by atoms with Gasteiger partial charge in [0.2, 0.25) is 0 Å². The zero-order chi connectivity index (χ0) is 32.3. The second kappa shape index (κ2) is 26.1. The molecule has 0 saturated carbocycles. The number of hydrogen-bond acceptors (Lipinski definition) is 12. The minimum Gasteiger partial charge on any atom is -0.469 e. The van der Waals surface area contributed by atoms with E-state index in [2.05, 4.69) is 45.9 Å². The molecule has 0 aromatic carbocycles. The fourth-order valence-corrected chi connectivity index (χ4v) is 3.71. The Kier molecular flexibility index (Phi) is 23.9. The van der Waals surface area contributed by atoms with Gasteiger partial charge < -0.3 is 38.5 Å². The van der Waals surface area contributed by atoms with Crippen molar-refractivity contribution < 1.29 is 38.1 Å². The van der Waals surface area contributed by atoms with Crippen LogP contribution in [0.1, 0.15) is 52.9 Å². The van der Waals surface area contributed by atoms with Gasteiger partial charge in [-0.3, -0.25) is 19.2 Å². The molecule has 12 heteroatoms. The standard InChI is InChI=1S/C31H48N4O8/c1-7-25-41-29(37)12-18-34(17-11-28(36)40-6)23-21-32(4)15-10-16-33(5)22-24-35(19-13-30(38)42-26-8-2)20-14-31(39)43-27-9-3/h10-24H2,1-6H3. The Labute approximate surface area is 257 Å². The first-order valence-corrected chi connectivity index (χ1v) is 14.4. The Morgan fingerprint density at radius 3 is 1.12 bits per heavy atom. The molecule has 0 spiro atoms. The van der Waals surface area contributed by atoms with Crippen LogP contribution in [-0.2, 0) is 38.1 Å². The minimum atomic E-state index is -0.412. The van der Waals surface area contributed by atoms with Crippen LogP contribution in [0.15, 0.2) is 0 Å². The number of ether oxygens (including phenoxy) is 4. The van der Waals surface area contributed by atoms with Crippen molar-refractivity contribution in [3.05, 3.63) is 0 Å². The highest BCUT2D eigenvalue weighted by molar-refractivity contribution is 5.72. The third-order valence-electron chi connectivity index (χ3n) is 6.23. The molecule has 43 heavy (non-hydrogen) atoms. The number of carbonyl (C=O) groups is 4. The topological polar surface area (TPSA) is 118 Å². The molecular formula is C31H48N4O8. The number of hydrogen-bond donors (Lipinski definition) is 0. The first kappa shape index (κ1) is 39.4. The zero-order valence-electron chi connectivity index (χ0n) is 26.7. The largest absolute Gasteiger partial charge is 0.469 e. The molecule has 0 atom stereocenters. The van der Waals surface area contributed by atoms with Crippen molar-refractivity contribution >= 4 is 23.9 Å². The van der Waals surface area contributed by atoms with E-state index in [1.54, 1.807) is 20.8 Å². The predicted molar refractivity (Wildman–Crippen MR) is 162 cm³/mol. The molecule has 12 nitrogen and oxygen atoms in total. The normalized spacial score (nSPS) is 10.3.